The quantitative estimate of drug-likeness (QED) is 0.867. The summed E-state index contributed by atoms with van der Waals surface area (Å²) in [7, 11) is 0. The van der Waals surface area contributed by atoms with Crippen molar-refractivity contribution in [3.05, 3.63) is 35.0 Å². The van der Waals surface area contributed by atoms with E-state index in [1.165, 1.54) is 6.07 Å². The fourth-order valence-electron chi connectivity index (χ4n) is 2.34. The lowest BCUT2D eigenvalue weighted by Gasteiger charge is -2.07. The Labute approximate surface area is 120 Å². The molecule has 0 fully saturated rings. The van der Waals surface area contributed by atoms with Crippen molar-refractivity contribution in [2.45, 2.75) is 32.9 Å². The van der Waals surface area contributed by atoms with Gasteiger partial charge in [0.25, 0.3) is 0 Å². The van der Waals surface area contributed by atoms with Crippen molar-refractivity contribution < 1.29 is 22.7 Å². The van der Waals surface area contributed by atoms with Crippen molar-refractivity contribution in [1.29, 1.82) is 0 Å². The summed E-state index contributed by atoms with van der Waals surface area (Å²) in [6.07, 6.45) is -3.87. The first-order chi connectivity index (χ1) is 9.82. The number of alkyl halides is 3. The molecule has 2 rings (SSSR count). The Hall–Kier alpha value is -1.98. The first-order valence-corrected chi connectivity index (χ1v) is 6.67. The van der Waals surface area contributed by atoms with Crippen LogP contribution in [0.5, 0.6) is 0 Å². The van der Waals surface area contributed by atoms with Crippen LogP contribution in [0, 0.1) is 6.92 Å². The first-order valence-electron chi connectivity index (χ1n) is 6.67. The summed E-state index contributed by atoms with van der Waals surface area (Å²) in [5, 5.41) is 0.506. The summed E-state index contributed by atoms with van der Waals surface area (Å²) < 4.78 is 43.2. The van der Waals surface area contributed by atoms with Gasteiger partial charge in [-0.2, -0.15) is 13.2 Å². The summed E-state index contributed by atoms with van der Waals surface area (Å²) in [5.74, 6) is -0.349. The van der Waals surface area contributed by atoms with Crippen LogP contribution in [0.4, 0.5) is 13.2 Å². The lowest BCUT2D eigenvalue weighted by molar-refractivity contribution is -0.143. The van der Waals surface area contributed by atoms with Crippen LogP contribution < -0.4 is 0 Å². The van der Waals surface area contributed by atoms with E-state index >= 15 is 0 Å². The summed E-state index contributed by atoms with van der Waals surface area (Å²) in [6, 6.07) is 3.59. The predicted octanol–water partition coefficient (Wildman–Crippen LogP) is 3.99. The highest BCUT2D eigenvalue weighted by atomic mass is 19.4. The maximum Gasteiger partial charge on any atom is 0.416 e. The number of hydrogen-bond donors (Lipinski definition) is 1. The number of carbonyl (C=O) groups is 1. The number of H-pyrrole nitrogens is 1. The SMILES string of the molecule is CCOC(=O)CCc1c(C)[nH]c2ccc(C(F)(F)F)cc12. The second kappa shape index (κ2) is 5.79. The van der Waals surface area contributed by atoms with E-state index < -0.39 is 11.7 Å². The minimum atomic E-state index is -4.38. The van der Waals surface area contributed by atoms with Gasteiger partial charge in [0.2, 0.25) is 0 Å². The maximum atomic E-state index is 12.8. The summed E-state index contributed by atoms with van der Waals surface area (Å²) >= 11 is 0. The first kappa shape index (κ1) is 15.4. The van der Waals surface area contributed by atoms with E-state index in [2.05, 4.69) is 4.98 Å². The Morgan fingerprint density at radius 1 is 1.33 bits per heavy atom. The molecule has 3 nitrogen and oxygen atoms in total. The Morgan fingerprint density at radius 2 is 2.05 bits per heavy atom. The van der Waals surface area contributed by atoms with Crippen LogP contribution in [0.3, 0.4) is 0 Å². The smallest absolute Gasteiger partial charge is 0.416 e. The second-order valence-electron chi connectivity index (χ2n) is 4.79. The topological polar surface area (TPSA) is 42.1 Å². The van der Waals surface area contributed by atoms with Gasteiger partial charge in [-0.3, -0.25) is 4.79 Å². The predicted molar refractivity (Wildman–Crippen MR) is 73.0 cm³/mol. The standard InChI is InChI=1S/C15H16F3NO2/c1-3-21-14(20)7-5-11-9(2)19-13-6-4-10(8-12(11)13)15(16,17)18/h4,6,8,19H,3,5,7H2,1-2H3. The molecule has 2 aromatic rings. The average molecular weight is 299 g/mol. The number of nitrogens with one attached hydrogen (secondary N) is 1. The van der Waals surface area contributed by atoms with Crippen molar-refractivity contribution in [1.82, 2.24) is 4.98 Å². The van der Waals surface area contributed by atoms with Crippen molar-refractivity contribution in [2.75, 3.05) is 6.61 Å². The number of rotatable bonds is 4. The van der Waals surface area contributed by atoms with Gasteiger partial charge >= 0.3 is 12.1 Å². The third kappa shape index (κ3) is 3.37. The fraction of sp³-hybridized carbons (Fsp3) is 0.400. The van der Waals surface area contributed by atoms with Crippen molar-refractivity contribution in [2.24, 2.45) is 0 Å². The Bertz CT molecular complexity index is 659. The van der Waals surface area contributed by atoms with Gasteiger partial charge in [0.05, 0.1) is 12.2 Å². The van der Waals surface area contributed by atoms with Crippen LogP contribution in [0.15, 0.2) is 18.2 Å². The normalized spacial score (nSPS) is 11.9. The molecule has 21 heavy (non-hydrogen) atoms. The maximum absolute atomic E-state index is 12.8. The molecule has 6 heteroatoms. The number of benzene rings is 1. The second-order valence-corrected chi connectivity index (χ2v) is 4.79. The minimum Gasteiger partial charge on any atom is -0.466 e. The number of esters is 1. The molecular formula is C15H16F3NO2. The molecule has 0 unspecified atom stereocenters. The molecule has 0 spiro atoms. The van der Waals surface area contributed by atoms with Gasteiger partial charge in [-0.25, -0.2) is 0 Å². The highest BCUT2D eigenvalue weighted by molar-refractivity contribution is 5.86. The lowest BCUT2D eigenvalue weighted by Crippen LogP contribution is -2.06. The van der Waals surface area contributed by atoms with E-state index in [1.54, 1.807) is 13.8 Å². The highest BCUT2D eigenvalue weighted by Gasteiger charge is 2.30. The van der Waals surface area contributed by atoms with Gasteiger partial charge in [-0.15, -0.1) is 0 Å². The fourth-order valence-corrected chi connectivity index (χ4v) is 2.34. The molecule has 0 aliphatic heterocycles. The van der Waals surface area contributed by atoms with E-state index in [0.717, 1.165) is 23.4 Å². The number of aromatic nitrogens is 1. The van der Waals surface area contributed by atoms with E-state index in [-0.39, 0.29) is 12.4 Å². The molecule has 0 saturated heterocycles. The number of ether oxygens (including phenoxy) is 1. The largest absolute Gasteiger partial charge is 0.466 e. The van der Waals surface area contributed by atoms with E-state index in [0.29, 0.717) is 23.9 Å². The molecule has 1 N–H and O–H groups in total. The van der Waals surface area contributed by atoms with Gasteiger partial charge in [0.15, 0.2) is 0 Å². The van der Waals surface area contributed by atoms with E-state index in [9.17, 15) is 18.0 Å². The molecule has 0 saturated carbocycles. The molecule has 114 valence electrons. The lowest BCUT2D eigenvalue weighted by atomic mass is 10.0. The number of aryl methyl sites for hydroxylation is 2. The van der Waals surface area contributed by atoms with Gasteiger partial charge in [0, 0.05) is 23.0 Å². The third-order valence-corrected chi connectivity index (χ3v) is 3.33. The molecule has 0 aliphatic carbocycles. The van der Waals surface area contributed by atoms with Crippen LogP contribution in [0.25, 0.3) is 10.9 Å². The number of aromatic amines is 1. The number of carbonyl (C=O) groups excluding carboxylic acids is 1. The molecule has 1 aromatic carbocycles. The molecule has 0 aliphatic rings. The molecule has 0 atom stereocenters. The van der Waals surface area contributed by atoms with Crippen LogP contribution in [0.2, 0.25) is 0 Å². The Morgan fingerprint density at radius 3 is 2.67 bits per heavy atom. The number of hydrogen-bond acceptors (Lipinski definition) is 2. The molecule has 0 amide bonds. The van der Waals surface area contributed by atoms with Crippen molar-refractivity contribution >= 4 is 16.9 Å². The third-order valence-electron chi connectivity index (χ3n) is 3.33. The Balaban J connectivity index is 2.34. The summed E-state index contributed by atoms with van der Waals surface area (Å²) in [5.41, 5.74) is 1.45. The van der Waals surface area contributed by atoms with Crippen LogP contribution in [-0.4, -0.2) is 17.6 Å². The van der Waals surface area contributed by atoms with Gasteiger partial charge < -0.3 is 9.72 Å². The van der Waals surface area contributed by atoms with Crippen LogP contribution >= 0.6 is 0 Å². The minimum absolute atomic E-state index is 0.151. The average Bonchev–Trinajstić information content (AvgIpc) is 2.70. The van der Waals surface area contributed by atoms with Crippen molar-refractivity contribution in [3.8, 4) is 0 Å². The van der Waals surface area contributed by atoms with Gasteiger partial charge in [0.1, 0.15) is 0 Å². The molecule has 0 bridgehead atoms. The zero-order chi connectivity index (χ0) is 15.6. The zero-order valence-electron chi connectivity index (χ0n) is 11.8. The number of fused-ring (bicyclic) bond motifs is 1. The summed E-state index contributed by atoms with van der Waals surface area (Å²) in [4.78, 5) is 14.4. The highest BCUT2D eigenvalue weighted by Crippen LogP contribution is 2.33. The van der Waals surface area contributed by atoms with Crippen LogP contribution in [0.1, 0.15) is 30.2 Å². The molecule has 1 aromatic heterocycles. The molecule has 0 radical (unpaired) electrons. The molecule has 1 heterocycles. The van der Waals surface area contributed by atoms with Crippen LogP contribution in [-0.2, 0) is 22.1 Å². The Kier molecular flexibility index (Phi) is 4.25. The van der Waals surface area contributed by atoms with E-state index in [1.807, 2.05) is 0 Å². The van der Waals surface area contributed by atoms with Gasteiger partial charge in [-0.05, 0) is 44.0 Å². The monoisotopic (exact) mass is 299 g/mol. The van der Waals surface area contributed by atoms with Gasteiger partial charge in [-0.1, -0.05) is 0 Å². The summed E-state index contributed by atoms with van der Waals surface area (Å²) in [6.45, 7) is 3.79. The zero-order valence-corrected chi connectivity index (χ0v) is 11.8. The number of halogens is 3. The van der Waals surface area contributed by atoms with Crippen molar-refractivity contribution in [3.63, 3.8) is 0 Å². The molecular weight excluding hydrogens is 283 g/mol. The van der Waals surface area contributed by atoms with E-state index in [4.69, 9.17) is 4.74 Å².